The van der Waals surface area contributed by atoms with E-state index >= 15 is 0 Å². The number of rotatable bonds is 15. The maximum atomic E-state index is 14.9. The summed E-state index contributed by atoms with van der Waals surface area (Å²) < 4.78 is 0. The van der Waals surface area contributed by atoms with E-state index in [0.717, 1.165) is 38.5 Å². The highest BCUT2D eigenvalue weighted by Gasteiger charge is 2.85. The summed E-state index contributed by atoms with van der Waals surface area (Å²) in [4.78, 5) is 82.5. The number of Topliss-reactive ketones (excluding diaryl/α,β-unsaturated/α-hetero) is 3. The normalized spacial score (nSPS) is 27.9. The molecular weight excluding hydrogens is 632 g/mol. The molecule has 5 fully saturated rings. The first-order chi connectivity index (χ1) is 23.0. The monoisotopic (exact) mass is 696 g/mol. The third-order valence-electron chi connectivity index (χ3n) is 14.6. The smallest absolute Gasteiger partial charge is 0.285 e. The Morgan fingerprint density at radius 3 is 1.90 bits per heavy atom. The molecule has 50 heavy (non-hydrogen) atoms. The Bertz CT molecular complexity index is 1410. The van der Waals surface area contributed by atoms with E-state index in [0.29, 0.717) is 44.7 Å². The fourth-order valence-electron chi connectivity index (χ4n) is 10.1. The van der Waals surface area contributed by atoms with Gasteiger partial charge in [0.1, 0.15) is 5.78 Å². The molecule has 280 valence electrons. The summed E-state index contributed by atoms with van der Waals surface area (Å²) >= 11 is 0. The number of primary amides is 1. The number of hydrogen-bond donors (Lipinski definition) is 3. The van der Waals surface area contributed by atoms with Crippen LogP contribution in [0.2, 0.25) is 0 Å². The van der Waals surface area contributed by atoms with Gasteiger partial charge in [-0.25, -0.2) is 0 Å². The lowest BCUT2D eigenvalue weighted by Crippen LogP contribution is -2.48. The first-order valence-electron chi connectivity index (χ1n) is 19.3. The molecule has 1 aliphatic heterocycles. The van der Waals surface area contributed by atoms with Crippen LogP contribution >= 0.6 is 0 Å². The lowest BCUT2D eigenvalue weighted by atomic mass is 9.73. The number of hydrogen-bond acceptors (Lipinski definition) is 7. The number of ketones is 3. The van der Waals surface area contributed by atoms with Crippen molar-refractivity contribution in [3.63, 3.8) is 0 Å². The fraction of sp³-hybridized carbons (Fsp3) is 0.850. The molecule has 10 nitrogen and oxygen atoms in total. The van der Waals surface area contributed by atoms with Gasteiger partial charge in [0, 0.05) is 49.6 Å². The minimum Gasteiger partial charge on any atom is -0.363 e. The maximum Gasteiger partial charge on any atom is 0.285 e. The van der Waals surface area contributed by atoms with Gasteiger partial charge in [-0.2, -0.15) is 0 Å². The molecule has 3 amide bonds. The van der Waals surface area contributed by atoms with Crippen LogP contribution in [-0.4, -0.2) is 64.6 Å². The number of likely N-dealkylation sites (tertiary alicyclic amines) is 1. The molecule has 5 atom stereocenters. The van der Waals surface area contributed by atoms with Crippen LogP contribution < -0.4 is 16.8 Å². The molecule has 5 N–H and O–H groups in total. The second-order valence-electron chi connectivity index (χ2n) is 19.8. The molecule has 10 heteroatoms. The SMILES string of the molecule is CC(C)(C)[C@@H](CNC(=O)C1(N)CC1)CC(=O)C[C@H](C(=O)N1C[C@]2(C[C@H]1C(=O)CC(CC1CCC1)C(=O)C(N)=O)C(C)(C)C21CCC1)C(C)(C)C. The van der Waals surface area contributed by atoms with Gasteiger partial charge < -0.3 is 21.7 Å². The molecule has 1 unspecified atom stereocenters. The number of carbonyl (C=O) groups excluding carboxylic acids is 6. The molecule has 2 spiro atoms. The first kappa shape index (κ1) is 38.6. The molecule has 0 aromatic carbocycles. The second kappa shape index (κ2) is 13.1. The summed E-state index contributed by atoms with van der Waals surface area (Å²) in [5.74, 6) is -3.58. The molecule has 4 aliphatic carbocycles. The summed E-state index contributed by atoms with van der Waals surface area (Å²) in [5, 5.41) is 2.98. The van der Waals surface area contributed by atoms with Crippen molar-refractivity contribution in [2.75, 3.05) is 13.1 Å². The second-order valence-corrected chi connectivity index (χ2v) is 19.8. The summed E-state index contributed by atoms with van der Waals surface area (Å²) in [6.07, 6.45) is 8.79. The minimum absolute atomic E-state index is 0.0348. The molecule has 1 heterocycles. The van der Waals surface area contributed by atoms with E-state index in [4.69, 9.17) is 11.5 Å². The Morgan fingerprint density at radius 1 is 0.840 bits per heavy atom. The van der Waals surface area contributed by atoms with E-state index in [-0.39, 0.29) is 70.2 Å². The molecule has 5 aliphatic rings. The molecular formula is C40H64N4O6. The molecule has 4 saturated carbocycles. The third-order valence-corrected chi connectivity index (χ3v) is 14.6. The van der Waals surface area contributed by atoms with Gasteiger partial charge in [-0.1, -0.05) is 81.1 Å². The Labute approximate surface area is 299 Å². The van der Waals surface area contributed by atoms with Crippen LogP contribution in [0.1, 0.15) is 139 Å². The van der Waals surface area contributed by atoms with Crippen molar-refractivity contribution in [1.29, 1.82) is 0 Å². The molecule has 1 saturated heterocycles. The van der Waals surface area contributed by atoms with E-state index in [9.17, 15) is 28.8 Å². The Kier molecular flexibility index (Phi) is 10.1. The fourth-order valence-corrected chi connectivity index (χ4v) is 10.1. The topological polar surface area (TPSA) is 170 Å². The van der Waals surface area contributed by atoms with E-state index in [1.807, 2.05) is 41.5 Å². The molecule has 0 bridgehead atoms. The third kappa shape index (κ3) is 6.83. The number of carbonyl (C=O) groups is 6. The average molecular weight is 697 g/mol. The molecule has 0 aromatic rings. The highest BCUT2D eigenvalue weighted by Crippen LogP contribution is 2.88. The number of nitrogens with zero attached hydrogens (tertiary/aromatic N) is 1. The van der Waals surface area contributed by atoms with Gasteiger partial charge in [-0.15, -0.1) is 0 Å². The van der Waals surface area contributed by atoms with E-state index < -0.39 is 40.5 Å². The average Bonchev–Trinajstić information content (AvgIpc) is 3.72. The Balaban J connectivity index is 1.37. The van der Waals surface area contributed by atoms with Crippen molar-refractivity contribution < 1.29 is 28.8 Å². The zero-order valence-corrected chi connectivity index (χ0v) is 32.0. The van der Waals surface area contributed by atoms with Crippen molar-refractivity contribution in [1.82, 2.24) is 10.2 Å². The number of nitrogens with one attached hydrogen (secondary N) is 1. The number of nitrogens with two attached hydrogens (primary N) is 2. The summed E-state index contributed by atoms with van der Waals surface area (Å²) in [5.41, 5.74) is 9.76. The van der Waals surface area contributed by atoms with Crippen molar-refractivity contribution in [3.8, 4) is 0 Å². The van der Waals surface area contributed by atoms with Crippen molar-refractivity contribution in [2.24, 2.45) is 62.2 Å². The van der Waals surface area contributed by atoms with Crippen LogP contribution in [0.25, 0.3) is 0 Å². The predicted molar refractivity (Wildman–Crippen MR) is 191 cm³/mol. The van der Waals surface area contributed by atoms with E-state index in [1.165, 1.54) is 0 Å². The molecule has 0 radical (unpaired) electrons. The predicted octanol–water partition coefficient (Wildman–Crippen LogP) is 4.89. The van der Waals surface area contributed by atoms with Crippen LogP contribution in [0.3, 0.4) is 0 Å². The van der Waals surface area contributed by atoms with Gasteiger partial charge in [0.2, 0.25) is 17.6 Å². The lowest BCUT2D eigenvalue weighted by Gasteiger charge is -2.36. The zero-order chi connectivity index (χ0) is 37.2. The Hall–Kier alpha value is -2.62. The van der Waals surface area contributed by atoms with Crippen molar-refractivity contribution in [3.05, 3.63) is 0 Å². The van der Waals surface area contributed by atoms with Gasteiger partial charge in [0.05, 0.1) is 11.6 Å². The van der Waals surface area contributed by atoms with Crippen LogP contribution in [0.4, 0.5) is 0 Å². The van der Waals surface area contributed by atoms with Crippen LogP contribution in [0.15, 0.2) is 0 Å². The van der Waals surface area contributed by atoms with E-state index in [1.54, 1.807) is 4.90 Å². The van der Waals surface area contributed by atoms with E-state index in [2.05, 4.69) is 19.2 Å². The number of amides is 3. The Morgan fingerprint density at radius 2 is 1.46 bits per heavy atom. The lowest BCUT2D eigenvalue weighted by molar-refractivity contribution is -0.147. The van der Waals surface area contributed by atoms with Crippen molar-refractivity contribution in [2.45, 2.75) is 150 Å². The summed E-state index contributed by atoms with van der Waals surface area (Å²) in [6, 6.07) is -0.713. The van der Waals surface area contributed by atoms with Gasteiger partial charge in [-0.05, 0) is 72.0 Å². The van der Waals surface area contributed by atoms with Gasteiger partial charge in [-0.3, -0.25) is 28.8 Å². The van der Waals surface area contributed by atoms with Crippen molar-refractivity contribution >= 4 is 35.1 Å². The van der Waals surface area contributed by atoms with Gasteiger partial charge in [0.15, 0.2) is 5.78 Å². The highest BCUT2D eigenvalue weighted by molar-refractivity contribution is 6.36. The van der Waals surface area contributed by atoms with Crippen LogP contribution in [-0.2, 0) is 28.8 Å². The number of fused-ring (bicyclic) bond motifs is 1. The highest BCUT2D eigenvalue weighted by atomic mass is 16.2. The minimum atomic E-state index is -1.01. The van der Waals surface area contributed by atoms with Crippen LogP contribution in [0, 0.1) is 50.7 Å². The van der Waals surface area contributed by atoms with Gasteiger partial charge in [0.25, 0.3) is 5.91 Å². The largest absolute Gasteiger partial charge is 0.363 e. The molecule has 0 aromatic heterocycles. The standard InChI is InChI=1S/C40H64N4O6/c1-35(2,3)26(22-43-34(50)38(42)15-16-38)19-27(45)20-28(36(4,5)6)33(49)44-23-40(37(7,8)39(40)13-10-14-39)21-29(44)30(46)18-25(31(47)32(41)48)17-24-11-9-12-24/h24-26,28-29H,9-23,42H2,1-8H3,(H2,41,48)(H,43,50)/t25?,26-,28-,29+,40-/m1/s1. The van der Waals surface area contributed by atoms with Crippen LogP contribution in [0.5, 0.6) is 0 Å². The summed E-state index contributed by atoms with van der Waals surface area (Å²) in [6.45, 7) is 17.4. The zero-order valence-electron chi connectivity index (χ0n) is 32.0. The maximum absolute atomic E-state index is 14.9. The quantitative estimate of drug-likeness (QED) is 0.205. The first-order valence-corrected chi connectivity index (χ1v) is 19.3. The van der Waals surface area contributed by atoms with Gasteiger partial charge >= 0.3 is 0 Å². The molecule has 5 rings (SSSR count). The summed E-state index contributed by atoms with van der Waals surface area (Å²) in [7, 11) is 0.